The number of terminal acetylenes is 1. The summed E-state index contributed by atoms with van der Waals surface area (Å²) in [5.74, 6) is -0.907. The number of alkyl halides is 1. The summed E-state index contributed by atoms with van der Waals surface area (Å²) >= 11 is 4.98. The van der Waals surface area contributed by atoms with Crippen molar-refractivity contribution >= 4 is 20.0 Å². The predicted octanol–water partition coefficient (Wildman–Crippen LogP) is 5.30. The Kier molecular flexibility index (Phi) is 7.52. The predicted molar refractivity (Wildman–Crippen MR) is 141 cm³/mol. The lowest BCUT2D eigenvalue weighted by atomic mass is 9.78. The molecule has 2 aliphatic rings. The zero-order chi connectivity index (χ0) is 29.1. The van der Waals surface area contributed by atoms with E-state index >= 15 is 8.78 Å². The van der Waals surface area contributed by atoms with Crippen LogP contribution in [0.1, 0.15) is 76.4 Å². The number of halogens is 2. The molecule has 0 aliphatic carbocycles. The molecule has 0 bridgehead atoms. The largest absolute Gasteiger partial charge is 0.530 e. The molecule has 2 N–H and O–H groups in total. The molecule has 1 fully saturated rings. The highest BCUT2D eigenvalue weighted by molar-refractivity contribution is 7.71. The highest BCUT2D eigenvalue weighted by Gasteiger charge is 2.51. The molecule has 2 aliphatic heterocycles. The van der Waals surface area contributed by atoms with Crippen molar-refractivity contribution in [3.05, 3.63) is 55.5 Å². The Morgan fingerprint density at radius 3 is 2.54 bits per heavy atom. The third-order valence-electron chi connectivity index (χ3n) is 6.51. The second-order valence-corrected chi connectivity index (χ2v) is 13.7. The fourth-order valence-electron chi connectivity index (χ4n) is 4.42. The highest BCUT2D eigenvalue weighted by atomic mass is 32.1. The molecule has 0 saturated carbocycles. The van der Waals surface area contributed by atoms with Crippen LogP contribution in [-0.2, 0) is 35.8 Å². The molecule has 3 heterocycles. The number of H-pyrrole nitrogens is 1. The van der Waals surface area contributed by atoms with Crippen LogP contribution in [0, 0.1) is 22.8 Å². The first-order valence-electron chi connectivity index (χ1n) is 12.2. The molecule has 1 saturated heterocycles. The molecular formula is C26H31F2N2O7PS. The molecule has 4 rings (SSSR count). The van der Waals surface area contributed by atoms with Crippen LogP contribution in [0.4, 0.5) is 8.78 Å². The zero-order valence-corrected chi connectivity index (χ0v) is 24.2. The van der Waals surface area contributed by atoms with Gasteiger partial charge in [0.1, 0.15) is 28.9 Å². The number of benzene rings is 1. The van der Waals surface area contributed by atoms with E-state index in [9.17, 15) is 14.5 Å². The van der Waals surface area contributed by atoms with Crippen LogP contribution in [0.5, 0.6) is 5.75 Å². The van der Waals surface area contributed by atoms with Crippen molar-refractivity contribution in [3.63, 3.8) is 0 Å². The maximum absolute atomic E-state index is 15.6. The number of nitrogens with one attached hydrogen (secondary N) is 1. The maximum Gasteiger partial charge on any atom is 0.530 e. The number of aliphatic hydroxyl groups excluding tert-OH is 1. The number of aromatic nitrogens is 2. The Balaban J connectivity index is 1.59. The summed E-state index contributed by atoms with van der Waals surface area (Å²) in [5.41, 5.74) is -0.572. The number of phosphoric ester groups is 1. The Bertz CT molecular complexity index is 1520. The van der Waals surface area contributed by atoms with E-state index in [2.05, 4.69) is 10.9 Å². The van der Waals surface area contributed by atoms with E-state index in [0.717, 1.165) is 4.57 Å². The average Bonchev–Trinajstić information content (AvgIpc) is 3.11. The van der Waals surface area contributed by atoms with Crippen LogP contribution in [0.25, 0.3) is 0 Å². The van der Waals surface area contributed by atoms with Crippen molar-refractivity contribution < 1.29 is 36.8 Å². The van der Waals surface area contributed by atoms with E-state index in [0.29, 0.717) is 11.1 Å². The smallest absolute Gasteiger partial charge is 0.403 e. The van der Waals surface area contributed by atoms with E-state index in [1.165, 1.54) is 6.20 Å². The van der Waals surface area contributed by atoms with E-state index in [1.807, 2.05) is 41.5 Å². The molecule has 1 unspecified atom stereocenters. The van der Waals surface area contributed by atoms with Crippen LogP contribution in [0.15, 0.2) is 17.1 Å². The van der Waals surface area contributed by atoms with Gasteiger partial charge < -0.3 is 14.4 Å². The van der Waals surface area contributed by atoms with Crippen molar-refractivity contribution in [2.45, 2.75) is 83.6 Å². The molecule has 0 spiro atoms. The third-order valence-corrected chi connectivity index (χ3v) is 8.12. The van der Waals surface area contributed by atoms with Crippen LogP contribution in [0.3, 0.4) is 0 Å². The SMILES string of the molecule is C#Cc1cn([C@@H]2O[C@](F)(COP3(=O)OCc4c(F)c(C(C)(C)C)cc(C(C)(C)C)c4O3)C[C@H]2O)c(=O)[nH]c1=S. The van der Waals surface area contributed by atoms with Gasteiger partial charge in [-0.05, 0) is 22.5 Å². The first-order chi connectivity index (χ1) is 17.9. The fourth-order valence-corrected chi connectivity index (χ4v) is 5.87. The average molecular weight is 585 g/mol. The van der Waals surface area contributed by atoms with E-state index in [-0.39, 0.29) is 21.5 Å². The molecule has 39 heavy (non-hydrogen) atoms. The molecule has 212 valence electrons. The van der Waals surface area contributed by atoms with Crippen LogP contribution >= 0.6 is 20.0 Å². The van der Waals surface area contributed by atoms with Gasteiger partial charge in [0, 0.05) is 18.2 Å². The van der Waals surface area contributed by atoms with Gasteiger partial charge in [0.05, 0.1) is 17.7 Å². The number of ether oxygens (including phenoxy) is 1. The van der Waals surface area contributed by atoms with Crippen molar-refractivity contribution in [2.75, 3.05) is 6.61 Å². The van der Waals surface area contributed by atoms with Crippen molar-refractivity contribution in [1.29, 1.82) is 0 Å². The molecular weight excluding hydrogens is 553 g/mol. The lowest BCUT2D eigenvalue weighted by Gasteiger charge is -2.34. The lowest BCUT2D eigenvalue weighted by Crippen LogP contribution is -2.33. The first-order valence-corrected chi connectivity index (χ1v) is 14.1. The number of rotatable bonds is 4. The van der Waals surface area contributed by atoms with Gasteiger partial charge in [-0.15, -0.1) is 6.42 Å². The fraction of sp³-hybridized carbons (Fsp3) is 0.538. The minimum Gasteiger partial charge on any atom is -0.403 e. The van der Waals surface area contributed by atoms with Crippen molar-refractivity contribution in [3.8, 4) is 18.1 Å². The van der Waals surface area contributed by atoms with Gasteiger partial charge in [0.25, 0.3) is 0 Å². The van der Waals surface area contributed by atoms with Crippen LogP contribution in [0.2, 0.25) is 0 Å². The topological polar surface area (TPSA) is 112 Å². The van der Waals surface area contributed by atoms with Gasteiger partial charge >= 0.3 is 13.5 Å². The van der Waals surface area contributed by atoms with Gasteiger partial charge in [-0.3, -0.25) is 18.6 Å². The van der Waals surface area contributed by atoms with Gasteiger partial charge in [0.2, 0.25) is 5.85 Å². The summed E-state index contributed by atoms with van der Waals surface area (Å²) < 4.78 is 67.0. The van der Waals surface area contributed by atoms with Gasteiger partial charge in [-0.1, -0.05) is 59.7 Å². The minimum absolute atomic E-state index is 0.00624. The molecule has 0 amide bonds. The Morgan fingerprint density at radius 1 is 1.31 bits per heavy atom. The zero-order valence-electron chi connectivity index (χ0n) is 22.5. The molecule has 1 aromatic heterocycles. The van der Waals surface area contributed by atoms with Crippen LogP contribution < -0.4 is 10.2 Å². The summed E-state index contributed by atoms with van der Waals surface area (Å²) in [7, 11) is -4.44. The van der Waals surface area contributed by atoms with Crippen molar-refractivity contribution in [1.82, 2.24) is 9.55 Å². The number of fused-ring (bicyclic) bond motifs is 1. The second-order valence-electron chi connectivity index (χ2n) is 11.7. The minimum atomic E-state index is -4.44. The second kappa shape index (κ2) is 9.91. The maximum atomic E-state index is 15.6. The van der Waals surface area contributed by atoms with E-state index < -0.39 is 68.0 Å². The molecule has 9 nitrogen and oxygen atoms in total. The molecule has 1 aromatic carbocycles. The number of nitrogens with zero attached hydrogens (tertiary/aromatic N) is 1. The summed E-state index contributed by atoms with van der Waals surface area (Å²) in [6.45, 7) is 9.90. The van der Waals surface area contributed by atoms with Crippen LogP contribution in [-0.4, -0.2) is 33.2 Å². The summed E-state index contributed by atoms with van der Waals surface area (Å²) in [6.07, 6.45) is 2.96. The normalized spacial score (nSPS) is 27.1. The molecule has 2 aromatic rings. The Hall–Kier alpha value is -2.39. The summed E-state index contributed by atoms with van der Waals surface area (Å²) in [6, 6.07) is 1.68. The Morgan fingerprint density at radius 2 is 1.95 bits per heavy atom. The number of aliphatic hydroxyl groups is 1. The Labute approximate surface area is 230 Å². The quantitative estimate of drug-likeness (QED) is 0.283. The number of hydrogen-bond acceptors (Lipinski definition) is 8. The monoisotopic (exact) mass is 584 g/mol. The summed E-state index contributed by atoms with van der Waals surface area (Å²) in [4.78, 5) is 14.7. The van der Waals surface area contributed by atoms with E-state index in [1.54, 1.807) is 6.07 Å². The molecule has 13 heteroatoms. The number of hydrogen-bond donors (Lipinski definition) is 2. The lowest BCUT2D eigenvalue weighted by molar-refractivity contribution is -0.179. The first kappa shape index (κ1) is 29.6. The van der Waals surface area contributed by atoms with E-state index in [4.69, 9.17) is 36.9 Å². The number of phosphoric acid groups is 1. The van der Waals surface area contributed by atoms with Crippen molar-refractivity contribution in [2.24, 2.45) is 0 Å². The van der Waals surface area contributed by atoms with Gasteiger partial charge in [0.15, 0.2) is 6.23 Å². The summed E-state index contributed by atoms with van der Waals surface area (Å²) in [5, 5.41) is 10.5. The highest BCUT2D eigenvalue weighted by Crippen LogP contribution is 2.58. The standard InChI is InChI=1S/C26H31F2N2O7PS/c1-8-14-11-30(23(32)29-21(14)39)22-18(31)10-26(28,36-22)13-35-38(33)34-12-15-19(27)16(24(2,3)4)9-17(20(15)37-38)25(5,6)7/h1,9,11,18,22,31H,10,12-13H2,2-7H3,(H,29,32,39)/t18-,22-,26+,38?/m1/s1. The molecule has 0 radical (unpaired) electrons. The number of aromatic amines is 1. The molecule has 4 atom stereocenters. The third kappa shape index (κ3) is 5.75. The van der Waals surface area contributed by atoms with Gasteiger partial charge in [-0.25, -0.2) is 18.1 Å². The van der Waals surface area contributed by atoms with Gasteiger partial charge in [-0.2, -0.15) is 0 Å².